The van der Waals surface area contributed by atoms with Crippen molar-refractivity contribution in [3.63, 3.8) is 0 Å². The van der Waals surface area contributed by atoms with Crippen LogP contribution in [0.4, 0.5) is 13.2 Å². The molecule has 0 bridgehead atoms. The summed E-state index contributed by atoms with van der Waals surface area (Å²) in [6.07, 6.45) is 4.75. The molecule has 1 atom stereocenters. The highest BCUT2D eigenvalue weighted by atomic mass is 19.4. The van der Waals surface area contributed by atoms with E-state index in [1.807, 2.05) is 0 Å². The Kier molecular flexibility index (Phi) is 11.3. The van der Waals surface area contributed by atoms with Gasteiger partial charge in [0.25, 0.3) is 0 Å². The zero-order valence-electron chi connectivity index (χ0n) is 11.8. The van der Waals surface area contributed by atoms with Gasteiger partial charge in [0, 0.05) is 6.04 Å². The molecule has 0 aromatic heterocycles. The summed E-state index contributed by atoms with van der Waals surface area (Å²) >= 11 is 0. The van der Waals surface area contributed by atoms with Crippen molar-refractivity contribution in [2.45, 2.75) is 70.5 Å². The largest absolute Gasteiger partial charge is 0.411 e. The van der Waals surface area contributed by atoms with Crippen LogP contribution in [0.1, 0.15) is 58.3 Å². The Bertz CT molecular complexity index is 201. The first-order chi connectivity index (χ1) is 8.99. The topological polar surface area (TPSA) is 47.3 Å². The summed E-state index contributed by atoms with van der Waals surface area (Å²) in [5, 5.41) is 0. The van der Waals surface area contributed by atoms with Crippen molar-refractivity contribution in [2.75, 3.05) is 13.2 Å². The Balaban J connectivity index is 3.44. The Morgan fingerprint density at radius 3 is 2.16 bits per heavy atom. The minimum Gasteiger partial charge on any atom is -0.370 e. The first-order valence-electron chi connectivity index (χ1n) is 7.10. The van der Waals surface area contributed by atoms with Gasteiger partial charge < -0.3 is 4.74 Å². The molecule has 3 nitrogen and oxygen atoms in total. The monoisotopic (exact) mass is 284 g/mol. The number of hydrogen-bond acceptors (Lipinski definition) is 3. The summed E-state index contributed by atoms with van der Waals surface area (Å²) in [6, 6.07) is -0.196. The normalized spacial score (nSPS) is 13.7. The van der Waals surface area contributed by atoms with Crippen molar-refractivity contribution >= 4 is 0 Å². The first kappa shape index (κ1) is 18.7. The lowest BCUT2D eigenvalue weighted by atomic mass is 10.1. The molecular formula is C13H27F3N2O. The molecule has 116 valence electrons. The highest BCUT2D eigenvalue weighted by molar-refractivity contribution is 4.63. The predicted octanol–water partition coefficient (Wildman–Crippen LogP) is 3.54. The number of alkyl halides is 3. The molecule has 6 heteroatoms. The minimum absolute atomic E-state index is 0.00580. The van der Waals surface area contributed by atoms with Crippen LogP contribution < -0.4 is 11.3 Å². The third kappa shape index (κ3) is 13.9. The lowest BCUT2D eigenvalue weighted by Crippen LogP contribution is -2.39. The Labute approximate surface area is 114 Å². The second kappa shape index (κ2) is 11.5. The molecule has 0 heterocycles. The third-order valence-corrected chi connectivity index (χ3v) is 2.98. The fraction of sp³-hybridized carbons (Fsp3) is 1.00. The van der Waals surface area contributed by atoms with Crippen LogP contribution in [-0.2, 0) is 4.74 Å². The van der Waals surface area contributed by atoms with Gasteiger partial charge in [-0.2, -0.15) is 13.2 Å². The second-order valence-electron chi connectivity index (χ2n) is 4.90. The molecule has 0 spiro atoms. The summed E-state index contributed by atoms with van der Waals surface area (Å²) in [7, 11) is 0. The van der Waals surface area contributed by atoms with Gasteiger partial charge in [0.15, 0.2) is 0 Å². The number of halogens is 3. The van der Waals surface area contributed by atoms with E-state index in [4.69, 9.17) is 5.84 Å². The minimum atomic E-state index is -4.27. The molecule has 0 amide bonds. The van der Waals surface area contributed by atoms with Gasteiger partial charge in [-0.05, 0) is 6.42 Å². The SMILES string of the molecule is CCCCCCCCCC(COCC(F)(F)F)NN. The third-order valence-electron chi connectivity index (χ3n) is 2.98. The second-order valence-corrected chi connectivity index (χ2v) is 4.90. The predicted molar refractivity (Wildman–Crippen MR) is 70.6 cm³/mol. The van der Waals surface area contributed by atoms with Crippen LogP contribution in [0, 0.1) is 0 Å². The van der Waals surface area contributed by atoms with E-state index >= 15 is 0 Å². The van der Waals surface area contributed by atoms with Crippen molar-refractivity contribution in [2.24, 2.45) is 5.84 Å². The number of hydrazine groups is 1. The van der Waals surface area contributed by atoms with Gasteiger partial charge in [0.1, 0.15) is 6.61 Å². The van der Waals surface area contributed by atoms with Gasteiger partial charge >= 0.3 is 6.18 Å². The highest BCUT2D eigenvalue weighted by Gasteiger charge is 2.27. The molecular weight excluding hydrogens is 257 g/mol. The number of ether oxygens (including phenoxy) is 1. The van der Waals surface area contributed by atoms with Gasteiger partial charge in [-0.3, -0.25) is 11.3 Å². The average molecular weight is 284 g/mol. The van der Waals surface area contributed by atoms with Crippen LogP contribution in [0.5, 0.6) is 0 Å². The number of hydrogen-bond donors (Lipinski definition) is 2. The number of unbranched alkanes of at least 4 members (excludes halogenated alkanes) is 6. The summed E-state index contributed by atoms with van der Waals surface area (Å²) in [6.45, 7) is 0.979. The Morgan fingerprint density at radius 1 is 1.05 bits per heavy atom. The lowest BCUT2D eigenvalue weighted by molar-refractivity contribution is -0.175. The molecule has 0 aliphatic heterocycles. The summed E-state index contributed by atoms with van der Waals surface area (Å²) in [5.41, 5.74) is 2.51. The van der Waals surface area contributed by atoms with E-state index in [0.29, 0.717) is 0 Å². The zero-order chi connectivity index (χ0) is 14.6. The number of nitrogens with two attached hydrogens (primary N) is 1. The maximum atomic E-state index is 11.9. The van der Waals surface area contributed by atoms with Crippen molar-refractivity contribution < 1.29 is 17.9 Å². The number of rotatable bonds is 12. The van der Waals surface area contributed by atoms with Gasteiger partial charge in [0.05, 0.1) is 6.61 Å². The molecule has 1 unspecified atom stereocenters. The van der Waals surface area contributed by atoms with E-state index in [1.165, 1.54) is 32.1 Å². The first-order valence-corrected chi connectivity index (χ1v) is 7.10. The van der Waals surface area contributed by atoms with Crippen LogP contribution in [0.3, 0.4) is 0 Å². The van der Waals surface area contributed by atoms with Crippen LogP contribution in [-0.4, -0.2) is 25.4 Å². The molecule has 0 radical (unpaired) electrons. The van der Waals surface area contributed by atoms with E-state index < -0.39 is 12.8 Å². The van der Waals surface area contributed by atoms with Crippen LogP contribution >= 0.6 is 0 Å². The lowest BCUT2D eigenvalue weighted by Gasteiger charge is -2.16. The smallest absolute Gasteiger partial charge is 0.370 e. The molecule has 0 rings (SSSR count). The maximum absolute atomic E-state index is 11.9. The summed E-state index contributed by atoms with van der Waals surface area (Å²) in [5.74, 6) is 5.29. The summed E-state index contributed by atoms with van der Waals surface area (Å²) < 4.78 is 40.3. The van der Waals surface area contributed by atoms with E-state index in [1.54, 1.807) is 0 Å². The quantitative estimate of drug-likeness (QED) is 0.327. The van der Waals surface area contributed by atoms with Gasteiger partial charge in [-0.15, -0.1) is 0 Å². The van der Waals surface area contributed by atoms with Crippen LogP contribution in [0.15, 0.2) is 0 Å². The van der Waals surface area contributed by atoms with Crippen LogP contribution in [0.2, 0.25) is 0 Å². The number of nitrogens with one attached hydrogen (secondary N) is 1. The molecule has 0 aliphatic rings. The molecule has 0 aromatic carbocycles. The van der Waals surface area contributed by atoms with Crippen LogP contribution in [0.25, 0.3) is 0 Å². The van der Waals surface area contributed by atoms with E-state index in [-0.39, 0.29) is 12.6 Å². The Morgan fingerprint density at radius 2 is 1.63 bits per heavy atom. The summed E-state index contributed by atoms with van der Waals surface area (Å²) in [4.78, 5) is 0. The van der Waals surface area contributed by atoms with E-state index in [2.05, 4.69) is 17.1 Å². The molecule has 0 aliphatic carbocycles. The molecule has 3 N–H and O–H groups in total. The maximum Gasteiger partial charge on any atom is 0.411 e. The van der Waals surface area contributed by atoms with Gasteiger partial charge in [0.2, 0.25) is 0 Å². The standard InChI is InChI=1S/C13H27F3N2O/c1-2-3-4-5-6-7-8-9-12(18-17)10-19-11-13(14,15)16/h12,18H,2-11,17H2,1H3. The van der Waals surface area contributed by atoms with Gasteiger partial charge in [-0.1, -0.05) is 51.9 Å². The molecule has 0 saturated carbocycles. The fourth-order valence-electron chi connectivity index (χ4n) is 1.88. The van der Waals surface area contributed by atoms with Crippen molar-refractivity contribution in [3.8, 4) is 0 Å². The van der Waals surface area contributed by atoms with Crippen molar-refractivity contribution in [1.29, 1.82) is 0 Å². The fourth-order valence-corrected chi connectivity index (χ4v) is 1.88. The van der Waals surface area contributed by atoms with Crippen molar-refractivity contribution in [3.05, 3.63) is 0 Å². The zero-order valence-corrected chi connectivity index (χ0v) is 11.8. The van der Waals surface area contributed by atoms with Gasteiger partial charge in [-0.25, -0.2) is 0 Å². The molecule has 0 aromatic rings. The van der Waals surface area contributed by atoms with E-state index in [9.17, 15) is 13.2 Å². The highest BCUT2D eigenvalue weighted by Crippen LogP contribution is 2.15. The Hall–Kier alpha value is -0.330. The molecule has 0 fully saturated rings. The molecule has 19 heavy (non-hydrogen) atoms. The molecule has 0 saturated heterocycles. The van der Waals surface area contributed by atoms with Crippen molar-refractivity contribution in [1.82, 2.24) is 5.43 Å². The average Bonchev–Trinajstić information content (AvgIpc) is 2.34. The van der Waals surface area contributed by atoms with E-state index in [0.717, 1.165) is 19.3 Å².